The van der Waals surface area contributed by atoms with E-state index in [2.05, 4.69) is 15.6 Å². The summed E-state index contributed by atoms with van der Waals surface area (Å²) in [6.07, 6.45) is 1.37. The van der Waals surface area contributed by atoms with Crippen molar-refractivity contribution in [3.05, 3.63) is 41.6 Å². The second-order valence-corrected chi connectivity index (χ2v) is 4.02. The number of aromatic nitrogens is 2. The van der Waals surface area contributed by atoms with Gasteiger partial charge in [0.2, 0.25) is 0 Å². The van der Waals surface area contributed by atoms with Crippen molar-refractivity contribution in [1.29, 1.82) is 0 Å². The molecule has 0 aliphatic rings. The number of oxime groups is 1. The van der Waals surface area contributed by atoms with Crippen LogP contribution < -0.4 is 11.1 Å². The fourth-order valence-electron chi connectivity index (χ4n) is 1.65. The van der Waals surface area contributed by atoms with Crippen molar-refractivity contribution in [2.75, 3.05) is 5.32 Å². The number of amidine groups is 1. The molecule has 0 aliphatic carbocycles. The maximum absolute atomic E-state index is 12.1. The van der Waals surface area contributed by atoms with Gasteiger partial charge in [0.05, 0.1) is 11.8 Å². The number of benzene rings is 1. The van der Waals surface area contributed by atoms with Gasteiger partial charge in [0.25, 0.3) is 5.91 Å². The molecule has 0 saturated heterocycles. The summed E-state index contributed by atoms with van der Waals surface area (Å²) >= 11 is 0. The van der Waals surface area contributed by atoms with Crippen LogP contribution in [0.5, 0.6) is 5.75 Å². The molecule has 0 aliphatic heterocycles. The van der Waals surface area contributed by atoms with Gasteiger partial charge in [-0.15, -0.1) is 0 Å². The monoisotopic (exact) mass is 275 g/mol. The van der Waals surface area contributed by atoms with Gasteiger partial charge < -0.3 is 21.4 Å². The quantitative estimate of drug-likeness (QED) is 0.280. The normalized spacial score (nSPS) is 11.3. The Bertz CT molecular complexity index is 677. The summed E-state index contributed by atoms with van der Waals surface area (Å²) < 4.78 is 1.38. The van der Waals surface area contributed by atoms with E-state index in [1.165, 1.54) is 23.0 Å². The number of carbonyl (C=O) groups excluding carboxylic acids is 1. The lowest BCUT2D eigenvalue weighted by atomic mass is 10.2. The molecular formula is C12H13N5O3. The average molecular weight is 275 g/mol. The molecule has 0 unspecified atom stereocenters. The highest BCUT2D eigenvalue weighted by Crippen LogP contribution is 2.17. The summed E-state index contributed by atoms with van der Waals surface area (Å²) in [6, 6.07) is 5.89. The van der Waals surface area contributed by atoms with Crippen LogP contribution in [0.25, 0.3) is 0 Å². The van der Waals surface area contributed by atoms with Crippen LogP contribution in [-0.2, 0) is 7.05 Å². The number of hydrogen-bond acceptors (Lipinski definition) is 5. The number of phenolic OH excluding ortho intramolecular Hbond substituents is 1. The van der Waals surface area contributed by atoms with Crippen LogP contribution in [0.4, 0.5) is 5.82 Å². The van der Waals surface area contributed by atoms with Crippen LogP contribution in [0.3, 0.4) is 0 Å². The van der Waals surface area contributed by atoms with E-state index < -0.39 is 5.91 Å². The van der Waals surface area contributed by atoms with Crippen molar-refractivity contribution in [2.24, 2.45) is 17.9 Å². The number of nitrogens with zero attached hydrogens (tertiary/aromatic N) is 3. The Morgan fingerprint density at radius 3 is 2.90 bits per heavy atom. The largest absolute Gasteiger partial charge is 0.508 e. The van der Waals surface area contributed by atoms with E-state index in [-0.39, 0.29) is 23.0 Å². The molecule has 1 amide bonds. The number of rotatable bonds is 3. The van der Waals surface area contributed by atoms with Crippen molar-refractivity contribution in [3.8, 4) is 5.75 Å². The Hall–Kier alpha value is -3.03. The smallest absolute Gasteiger partial charge is 0.256 e. The number of aromatic hydroxyl groups is 1. The Labute approximate surface area is 114 Å². The van der Waals surface area contributed by atoms with Crippen LogP contribution in [-0.4, -0.2) is 31.8 Å². The van der Waals surface area contributed by atoms with Gasteiger partial charge >= 0.3 is 0 Å². The molecule has 104 valence electrons. The lowest BCUT2D eigenvalue weighted by molar-refractivity contribution is 0.102. The molecule has 5 N–H and O–H groups in total. The SMILES string of the molecule is Cn1ncc(C(N)=NO)c1NC(=O)c1cccc(O)c1. The third-order valence-corrected chi connectivity index (χ3v) is 2.66. The molecule has 0 spiro atoms. The molecule has 0 saturated carbocycles. The van der Waals surface area contributed by atoms with Crippen molar-refractivity contribution in [3.63, 3.8) is 0 Å². The van der Waals surface area contributed by atoms with E-state index in [0.29, 0.717) is 5.56 Å². The first-order valence-electron chi connectivity index (χ1n) is 5.63. The van der Waals surface area contributed by atoms with Crippen molar-refractivity contribution in [2.45, 2.75) is 0 Å². The van der Waals surface area contributed by atoms with Crippen molar-refractivity contribution in [1.82, 2.24) is 9.78 Å². The third-order valence-electron chi connectivity index (χ3n) is 2.66. The standard InChI is InChI=1S/C12H13N5O3/c1-17-11(9(6-14-17)10(13)16-20)15-12(19)7-3-2-4-8(18)5-7/h2-6,18,20H,1H3,(H2,13,16)(H,15,19). The Morgan fingerprint density at radius 1 is 1.50 bits per heavy atom. The van der Waals surface area contributed by atoms with Gasteiger partial charge in [0, 0.05) is 12.6 Å². The molecule has 1 heterocycles. The van der Waals surface area contributed by atoms with E-state index in [1.54, 1.807) is 19.2 Å². The first-order chi connectivity index (χ1) is 9.52. The molecular weight excluding hydrogens is 262 g/mol. The highest BCUT2D eigenvalue weighted by atomic mass is 16.4. The molecule has 2 rings (SSSR count). The highest BCUT2D eigenvalue weighted by molar-refractivity contribution is 6.09. The molecule has 0 radical (unpaired) electrons. The van der Waals surface area contributed by atoms with E-state index in [1.807, 2.05) is 0 Å². The molecule has 0 bridgehead atoms. The Morgan fingerprint density at radius 2 is 2.25 bits per heavy atom. The van der Waals surface area contributed by atoms with Gasteiger partial charge in [-0.3, -0.25) is 9.48 Å². The Balaban J connectivity index is 2.31. The first-order valence-corrected chi connectivity index (χ1v) is 5.63. The van der Waals surface area contributed by atoms with Gasteiger partial charge in [-0.1, -0.05) is 11.2 Å². The fraction of sp³-hybridized carbons (Fsp3) is 0.0833. The molecule has 0 fully saturated rings. The topological polar surface area (TPSA) is 126 Å². The number of anilines is 1. The minimum Gasteiger partial charge on any atom is -0.508 e. The predicted molar refractivity (Wildman–Crippen MR) is 71.8 cm³/mol. The summed E-state index contributed by atoms with van der Waals surface area (Å²) in [7, 11) is 1.60. The summed E-state index contributed by atoms with van der Waals surface area (Å²) in [5.41, 5.74) is 6.07. The summed E-state index contributed by atoms with van der Waals surface area (Å²) in [5, 5.41) is 27.4. The number of aryl methyl sites for hydroxylation is 1. The van der Waals surface area contributed by atoms with Crippen molar-refractivity contribution < 1.29 is 15.1 Å². The van der Waals surface area contributed by atoms with E-state index in [9.17, 15) is 9.90 Å². The lowest BCUT2D eigenvalue weighted by Crippen LogP contribution is -2.20. The predicted octanol–water partition coefficient (Wildman–Crippen LogP) is 0.472. The summed E-state index contributed by atoms with van der Waals surface area (Å²) in [4.78, 5) is 12.1. The van der Waals surface area contributed by atoms with Crippen LogP contribution in [0.15, 0.2) is 35.6 Å². The zero-order valence-corrected chi connectivity index (χ0v) is 10.6. The zero-order valence-electron chi connectivity index (χ0n) is 10.6. The maximum atomic E-state index is 12.1. The van der Waals surface area contributed by atoms with Gasteiger partial charge in [0.15, 0.2) is 5.84 Å². The molecule has 0 atom stereocenters. The van der Waals surface area contributed by atoms with Gasteiger partial charge in [-0.05, 0) is 18.2 Å². The van der Waals surface area contributed by atoms with Gasteiger partial charge in [-0.25, -0.2) is 0 Å². The number of phenols is 1. The second-order valence-electron chi connectivity index (χ2n) is 4.02. The number of hydrogen-bond donors (Lipinski definition) is 4. The number of nitrogens with two attached hydrogens (primary N) is 1. The van der Waals surface area contributed by atoms with Crippen molar-refractivity contribution >= 4 is 17.6 Å². The molecule has 1 aromatic heterocycles. The van der Waals surface area contributed by atoms with Gasteiger partial charge in [-0.2, -0.15) is 5.10 Å². The lowest BCUT2D eigenvalue weighted by Gasteiger charge is -2.08. The van der Waals surface area contributed by atoms with Crippen LogP contribution in [0, 0.1) is 0 Å². The summed E-state index contributed by atoms with van der Waals surface area (Å²) in [6.45, 7) is 0. The van der Waals surface area contributed by atoms with Gasteiger partial charge in [0.1, 0.15) is 11.6 Å². The third kappa shape index (κ3) is 2.53. The van der Waals surface area contributed by atoms with E-state index in [4.69, 9.17) is 10.9 Å². The summed E-state index contributed by atoms with van der Waals surface area (Å²) in [5.74, 6) is -0.339. The van der Waals surface area contributed by atoms with E-state index >= 15 is 0 Å². The zero-order chi connectivity index (χ0) is 14.7. The molecule has 8 heteroatoms. The second kappa shape index (κ2) is 5.31. The Kier molecular flexibility index (Phi) is 3.56. The molecule has 1 aromatic carbocycles. The fourth-order valence-corrected chi connectivity index (χ4v) is 1.65. The van der Waals surface area contributed by atoms with Crippen LogP contribution >= 0.6 is 0 Å². The molecule has 2 aromatic rings. The molecule has 8 nitrogen and oxygen atoms in total. The van der Waals surface area contributed by atoms with E-state index in [0.717, 1.165) is 0 Å². The first kappa shape index (κ1) is 13.4. The van der Waals surface area contributed by atoms with Crippen LogP contribution in [0.2, 0.25) is 0 Å². The molecule has 20 heavy (non-hydrogen) atoms. The average Bonchev–Trinajstić information content (AvgIpc) is 2.79. The van der Waals surface area contributed by atoms with Crippen LogP contribution in [0.1, 0.15) is 15.9 Å². The number of amides is 1. The minimum absolute atomic E-state index is 0.0145. The maximum Gasteiger partial charge on any atom is 0.256 e. The number of nitrogens with one attached hydrogen (secondary N) is 1. The highest BCUT2D eigenvalue weighted by Gasteiger charge is 2.16. The minimum atomic E-state index is -0.448. The number of carbonyl (C=O) groups is 1.